The van der Waals surface area contributed by atoms with E-state index in [0.717, 1.165) is 23.4 Å². The Labute approximate surface area is 160 Å². The molecule has 140 valence electrons. The molecule has 2 aliphatic heterocycles. The summed E-state index contributed by atoms with van der Waals surface area (Å²) in [6.07, 6.45) is 1.20. The first kappa shape index (κ1) is 17.6. The lowest BCUT2D eigenvalue weighted by Gasteiger charge is -2.25. The Balaban J connectivity index is 1.47. The molecule has 3 amide bonds. The third-order valence-electron chi connectivity index (χ3n) is 5.68. The van der Waals surface area contributed by atoms with Gasteiger partial charge in [-0.1, -0.05) is 24.3 Å². The Bertz CT molecular complexity index is 908. The zero-order valence-electron chi connectivity index (χ0n) is 16.0. The van der Waals surface area contributed by atoms with Gasteiger partial charge in [0.2, 0.25) is 5.91 Å². The SMILES string of the molecule is Cc1ccc(N2C[C@H](NC(=O)N3c4ccccc4C[C@H]3C)CC2=O)cc1C. The van der Waals surface area contributed by atoms with Gasteiger partial charge in [-0.3, -0.25) is 9.69 Å². The van der Waals surface area contributed by atoms with Crippen LogP contribution in [0.3, 0.4) is 0 Å². The number of para-hydroxylation sites is 1. The molecular weight excluding hydrogens is 338 g/mol. The predicted molar refractivity (Wildman–Crippen MR) is 107 cm³/mol. The summed E-state index contributed by atoms with van der Waals surface area (Å²) < 4.78 is 0. The van der Waals surface area contributed by atoms with Gasteiger partial charge in [-0.05, 0) is 62.1 Å². The molecule has 0 aliphatic carbocycles. The van der Waals surface area contributed by atoms with Gasteiger partial charge in [0.25, 0.3) is 0 Å². The minimum atomic E-state index is -0.174. The highest BCUT2D eigenvalue weighted by atomic mass is 16.2. The lowest BCUT2D eigenvalue weighted by molar-refractivity contribution is -0.117. The number of carbonyl (C=O) groups is 2. The molecule has 0 aromatic heterocycles. The molecule has 0 unspecified atom stereocenters. The van der Waals surface area contributed by atoms with Crippen LogP contribution in [0.15, 0.2) is 42.5 Å². The minimum Gasteiger partial charge on any atom is -0.333 e. The molecule has 2 aliphatic rings. The molecule has 2 aromatic rings. The van der Waals surface area contributed by atoms with E-state index < -0.39 is 0 Å². The minimum absolute atomic E-state index is 0.0541. The van der Waals surface area contributed by atoms with Crippen LogP contribution in [0.25, 0.3) is 0 Å². The molecule has 4 rings (SSSR count). The molecule has 0 saturated carbocycles. The van der Waals surface area contributed by atoms with Crippen molar-refractivity contribution >= 4 is 23.3 Å². The molecule has 2 atom stereocenters. The summed E-state index contributed by atoms with van der Waals surface area (Å²) in [4.78, 5) is 29.0. The second-order valence-electron chi connectivity index (χ2n) is 7.68. The number of urea groups is 1. The second kappa shape index (κ2) is 6.72. The van der Waals surface area contributed by atoms with Crippen LogP contribution in [0.5, 0.6) is 0 Å². The predicted octanol–water partition coefficient (Wildman–Crippen LogP) is 3.57. The van der Waals surface area contributed by atoms with E-state index in [4.69, 9.17) is 0 Å². The molecule has 2 heterocycles. The summed E-state index contributed by atoms with van der Waals surface area (Å²) in [5.74, 6) is 0.0541. The van der Waals surface area contributed by atoms with Crippen LogP contribution in [0.2, 0.25) is 0 Å². The topological polar surface area (TPSA) is 52.7 Å². The first-order valence-corrected chi connectivity index (χ1v) is 9.49. The van der Waals surface area contributed by atoms with Crippen LogP contribution < -0.4 is 15.1 Å². The largest absolute Gasteiger partial charge is 0.333 e. The van der Waals surface area contributed by atoms with Gasteiger partial charge in [0.1, 0.15) is 0 Å². The maximum atomic E-state index is 12.9. The highest BCUT2D eigenvalue weighted by Crippen LogP contribution is 2.32. The summed E-state index contributed by atoms with van der Waals surface area (Å²) in [5.41, 5.74) is 5.43. The Kier molecular flexibility index (Phi) is 4.38. The van der Waals surface area contributed by atoms with Crippen LogP contribution in [-0.2, 0) is 11.2 Å². The lowest BCUT2D eigenvalue weighted by Crippen LogP contribution is -2.48. The van der Waals surface area contributed by atoms with Crippen LogP contribution >= 0.6 is 0 Å². The van der Waals surface area contributed by atoms with Gasteiger partial charge < -0.3 is 10.2 Å². The first-order chi connectivity index (χ1) is 12.9. The summed E-state index contributed by atoms with van der Waals surface area (Å²) in [6, 6.07) is 13.9. The lowest BCUT2D eigenvalue weighted by atomic mass is 10.1. The number of anilines is 2. The fourth-order valence-electron chi connectivity index (χ4n) is 4.07. The highest BCUT2D eigenvalue weighted by molar-refractivity contribution is 5.99. The normalized spacial score (nSPS) is 21.5. The molecule has 0 radical (unpaired) electrons. The van der Waals surface area contributed by atoms with Gasteiger partial charge >= 0.3 is 6.03 Å². The van der Waals surface area contributed by atoms with Crippen LogP contribution in [0, 0.1) is 13.8 Å². The third-order valence-corrected chi connectivity index (χ3v) is 5.68. The quantitative estimate of drug-likeness (QED) is 0.887. The van der Waals surface area contributed by atoms with E-state index in [2.05, 4.69) is 25.2 Å². The van der Waals surface area contributed by atoms with Gasteiger partial charge in [-0.2, -0.15) is 0 Å². The molecule has 5 nitrogen and oxygen atoms in total. The maximum absolute atomic E-state index is 12.9. The average Bonchev–Trinajstić information content (AvgIpc) is 3.16. The number of benzene rings is 2. The van der Waals surface area contributed by atoms with E-state index in [-0.39, 0.29) is 24.0 Å². The number of rotatable bonds is 2. The van der Waals surface area contributed by atoms with E-state index in [1.807, 2.05) is 48.2 Å². The van der Waals surface area contributed by atoms with E-state index >= 15 is 0 Å². The summed E-state index contributed by atoms with van der Waals surface area (Å²) in [7, 11) is 0. The van der Waals surface area contributed by atoms with Crippen LogP contribution in [0.4, 0.5) is 16.2 Å². The van der Waals surface area contributed by atoms with E-state index in [9.17, 15) is 9.59 Å². The number of hydrogen-bond donors (Lipinski definition) is 1. The number of hydrogen-bond acceptors (Lipinski definition) is 2. The molecule has 0 bridgehead atoms. The van der Waals surface area contributed by atoms with Crippen molar-refractivity contribution in [2.24, 2.45) is 0 Å². The standard InChI is InChI=1S/C22H25N3O2/c1-14-8-9-19(10-15(14)2)24-13-18(12-21(24)26)23-22(27)25-16(3)11-17-6-4-5-7-20(17)25/h4-10,16,18H,11-13H2,1-3H3,(H,23,27)/t16-,18-/m1/s1. The van der Waals surface area contributed by atoms with Gasteiger partial charge in [-0.25, -0.2) is 4.79 Å². The van der Waals surface area contributed by atoms with Gasteiger partial charge in [0.05, 0.1) is 6.04 Å². The van der Waals surface area contributed by atoms with Crippen molar-refractivity contribution in [3.8, 4) is 0 Å². The average molecular weight is 363 g/mol. The number of fused-ring (bicyclic) bond motifs is 1. The smallest absolute Gasteiger partial charge is 0.322 e. The Hall–Kier alpha value is -2.82. The number of aryl methyl sites for hydroxylation is 2. The van der Waals surface area contributed by atoms with Crippen molar-refractivity contribution < 1.29 is 9.59 Å². The molecule has 1 saturated heterocycles. The third kappa shape index (κ3) is 3.18. The van der Waals surface area contributed by atoms with Crippen molar-refractivity contribution in [3.05, 3.63) is 59.2 Å². The van der Waals surface area contributed by atoms with Crippen molar-refractivity contribution in [2.75, 3.05) is 16.3 Å². The zero-order valence-corrected chi connectivity index (χ0v) is 16.0. The van der Waals surface area contributed by atoms with Gasteiger partial charge in [-0.15, -0.1) is 0 Å². The van der Waals surface area contributed by atoms with E-state index in [1.165, 1.54) is 11.1 Å². The summed E-state index contributed by atoms with van der Waals surface area (Å²) >= 11 is 0. The Morgan fingerprint density at radius 2 is 1.85 bits per heavy atom. The van der Waals surface area contributed by atoms with Crippen LogP contribution in [-0.4, -0.2) is 30.6 Å². The number of nitrogens with one attached hydrogen (secondary N) is 1. The Morgan fingerprint density at radius 3 is 2.63 bits per heavy atom. The van der Waals surface area contributed by atoms with Crippen molar-refractivity contribution in [3.63, 3.8) is 0 Å². The fraction of sp³-hybridized carbons (Fsp3) is 0.364. The maximum Gasteiger partial charge on any atom is 0.322 e. The van der Waals surface area contributed by atoms with Crippen molar-refractivity contribution in [2.45, 2.75) is 45.7 Å². The Morgan fingerprint density at radius 1 is 1.07 bits per heavy atom. The molecule has 0 spiro atoms. The van der Waals surface area contributed by atoms with Crippen LogP contribution in [0.1, 0.15) is 30.0 Å². The molecule has 27 heavy (non-hydrogen) atoms. The van der Waals surface area contributed by atoms with E-state index in [0.29, 0.717) is 13.0 Å². The summed E-state index contributed by atoms with van der Waals surface area (Å²) in [5, 5.41) is 3.07. The molecule has 1 fully saturated rings. The number of carbonyl (C=O) groups excluding carboxylic acids is 2. The second-order valence-corrected chi connectivity index (χ2v) is 7.68. The monoisotopic (exact) mass is 363 g/mol. The summed E-state index contributed by atoms with van der Waals surface area (Å²) in [6.45, 7) is 6.67. The molecule has 2 aromatic carbocycles. The molecule has 5 heteroatoms. The van der Waals surface area contributed by atoms with E-state index in [1.54, 1.807) is 4.90 Å². The van der Waals surface area contributed by atoms with Gasteiger partial charge in [0, 0.05) is 30.4 Å². The fourth-order valence-corrected chi connectivity index (χ4v) is 4.07. The number of amides is 3. The van der Waals surface area contributed by atoms with Gasteiger partial charge in [0.15, 0.2) is 0 Å². The van der Waals surface area contributed by atoms with Crippen molar-refractivity contribution in [1.29, 1.82) is 0 Å². The number of nitrogens with zero attached hydrogens (tertiary/aromatic N) is 2. The molecule has 1 N–H and O–H groups in total. The molecular formula is C22H25N3O2. The zero-order chi connectivity index (χ0) is 19.1. The highest BCUT2D eigenvalue weighted by Gasteiger charge is 2.35. The first-order valence-electron chi connectivity index (χ1n) is 9.49. The van der Waals surface area contributed by atoms with Crippen molar-refractivity contribution in [1.82, 2.24) is 5.32 Å².